The van der Waals surface area contributed by atoms with Gasteiger partial charge in [0.25, 0.3) is 0 Å². The van der Waals surface area contributed by atoms with Gasteiger partial charge in [-0.15, -0.1) is 0 Å². The minimum atomic E-state index is -0.0388. The van der Waals surface area contributed by atoms with Crippen molar-refractivity contribution in [3.8, 4) is 0 Å². The molecule has 0 fully saturated rings. The topological polar surface area (TPSA) is 56.0 Å². The summed E-state index contributed by atoms with van der Waals surface area (Å²) in [5.74, 6) is -0.0388. The third kappa shape index (κ3) is 2.12. The molecule has 2 rings (SSSR count). The number of ketones is 1. The molecule has 3 nitrogen and oxygen atoms in total. The van der Waals surface area contributed by atoms with E-state index in [1.807, 2.05) is 0 Å². The van der Waals surface area contributed by atoms with E-state index in [0.29, 0.717) is 16.8 Å². The maximum atomic E-state index is 12.0. The van der Waals surface area contributed by atoms with E-state index >= 15 is 0 Å². The van der Waals surface area contributed by atoms with Crippen LogP contribution in [0.3, 0.4) is 0 Å². The third-order valence-electron chi connectivity index (χ3n) is 2.21. The average molecular weight is 277 g/mol. The minimum Gasteiger partial charge on any atom is -0.398 e. The number of rotatable bonds is 2. The van der Waals surface area contributed by atoms with Crippen molar-refractivity contribution in [3.63, 3.8) is 0 Å². The first kappa shape index (κ1) is 10.8. The first-order chi connectivity index (χ1) is 7.68. The van der Waals surface area contributed by atoms with Crippen LogP contribution in [0.15, 0.2) is 47.2 Å². The fourth-order valence-corrected chi connectivity index (χ4v) is 1.72. The van der Waals surface area contributed by atoms with Gasteiger partial charge >= 0.3 is 0 Å². The summed E-state index contributed by atoms with van der Waals surface area (Å²) in [6.07, 6.45) is 3.19. The Labute approximate surface area is 101 Å². The Balaban J connectivity index is 2.39. The van der Waals surface area contributed by atoms with E-state index in [1.165, 1.54) is 0 Å². The van der Waals surface area contributed by atoms with Gasteiger partial charge in [-0.2, -0.15) is 0 Å². The number of carbonyl (C=O) groups is 1. The Morgan fingerprint density at radius 2 is 1.81 bits per heavy atom. The normalized spacial score (nSPS) is 10.1. The molecule has 0 aliphatic heterocycles. The van der Waals surface area contributed by atoms with Gasteiger partial charge in [0.05, 0.1) is 0 Å². The van der Waals surface area contributed by atoms with Gasteiger partial charge in [-0.05, 0) is 46.3 Å². The van der Waals surface area contributed by atoms with Gasteiger partial charge in [-0.3, -0.25) is 9.78 Å². The number of halogens is 1. The SMILES string of the molecule is Nc1ccc(C(=O)c2ccncc2)cc1Br. The molecule has 2 aromatic rings. The van der Waals surface area contributed by atoms with Crippen LogP contribution in [0.5, 0.6) is 0 Å². The maximum absolute atomic E-state index is 12.0. The molecule has 80 valence electrons. The zero-order valence-electron chi connectivity index (χ0n) is 8.35. The predicted molar refractivity (Wildman–Crippen MR) is 66.2 cm³/mol. The number of hydrogen-bond donors (Lipinski definition) is 1. The molecule has 0 radical (unpaired) electrons. The molecule has 0 amide bonds. The number of carbonyl (C=O) groups excluding carboxylic acids is 1. The molecule has 0 aliphatic rings. The monoisotopic (exact) mass is 276 g/mol. The van der Waals surface area contributed by atoms with Gasteiger partial charge in [-0.25, -0.2) is 0 Å². The molecular formula is C12H9BrN2O. The van der Waals surface area contributed by atoms with Crippen molar-refractivity contribution >= 4 is 27.4 Å². The molecule has 1 aromatic carbocycles. The highest BCUT2D eigenvalue weighted by atomic mass is 79.9. The summed E-state index contributed by atoms with van der Waals surface area (Å²) in [6.45, 7) is 0. The summed E-state index contributed by atoms with van der Waals surface area (Å²) >= 11 is 3.30. The van der Waals surface area contributed by atoms with Crippen LogP contribution in [0, 0.1) is 0 Å². The van der Waals surface area contributed by atoms with Gasteiger partial charge in [0.2, 0.25) is 0 Å². The molecule has 2 N–H and O–H groups in total. The quantitative estimate of drug-likeness (QED) is 0.678. The molecule has 0 spiro atoms. The number of nitrogens with zero attached hydrogens (tertiary/aromatic N) is 1. The van der Waals surface area contributed by atoms with E-state index in [0.717, 1.165) is 4.47 Å². The lowest BCUT2D eigenvalue weighted by Gasteiger charge is -2.03. The van der Waals surface area contributed by atoms with E-state index in [4.69, 9.17) is 5.73 Å². The highest BCUT2D eigenvalue weighted by Gasteiger charge is 2.09. The Bertz CT molecular complexity index is 526. The summed E-state index contributed by atoms with van der Waals surface area (Å²) < 4.78 is 0.729. The van der Waals surface area contributed by atoms with Crippen LogP contribution in [0.1, 0.15) is 15.9 Å². The Kier molecular flexibility index (Phi) is 3.01. The number of anilines is 1. The number of pyridine rings is 1. The first-order valence-corrected chi connectivity index (χ1v) is 5.47. The van der Waals surface area contributed by atoms with Crippen LogP contribution < -0.4 is 5.73 Å². The highest BCUT2D eigenvalue weighted by Crippen LogP contribution is 2.21. The molecular weight excluding hydrogens is 268 g/mol. The molecule has 0 unspecified atom stereocenters. The van der Waals surface area contributed by atoms with E-state index in [9.17, 15) is 4.79 Å². The Morgan fingerprint density at radius 3 is 2.44 bits per heavy atom. The number of hydrogen-bond acceptors (Lipinski definition) is 3. The molecule has 4 heteroatoms. The molecule has 0 aliphatic carbocycles. The van der Waals surface area contributed by atoms with Gasteiger partial charge in [0, 0.05) is 33.7 Å². The van der Waals surface area contributed by atoms with E-state index in [1.54, 1.807) is 42.7 Å². The van der Waals surface area contributed by atoms with E-state index in [2.05, 4.69) is 20.9 Å². The lowest BCUT2D eigenvalue weighted by Crippen LogP contribution is -2.01. The van der Waals surface area contributed by atoms with Crippen molar-refractivity contribution in [3.05, 3.63) is 58.3 Å². The van der Waals surface area contributed by atoms with Crippen LogP contribution in [0.4, 0.5) is 5.69 Å². The van der Waals surface area contributed by atoms with Gasteiger partial charge in [0.15, 0.2) is 5.78 Å². The lowest BCUT2D eigenvalue weighted by atomic mass is 10.0. The molecule has 1 aromatic heterocycles. The largest absolute Gasteiger partial charge is 0.398 e. The van der Waals surface area contributed by atoms with Crippen molar-refractivity contribution in [1.82, 2.24) is 4.98 Å². The smallest absolute Gasteiger partial charge is 0.193 e. The second-order valence-electron chi connectivity index (χ2n) is 3.30. The molecule has 0 saturated heterocycles. The lowest BCUT2D eigenvalue weighted by molar-refractivity contribution is 0.103. The van der Waals surface area contributed by atoms with Gasteiger partial charge < -0.3 is 5.73 Å². The standard InChI is InChI=1S/C12H9BrN2O/c13-10-7-9(1-2-11(10)14)12(16)8-3-5-15-6-4-8/h1-7H,14H2. The highest BCUT2D eigenvalue weighted by molar-refractivity contribution is 9.10. The van der Waals surface area contributed by atoms with Crippen LogP contribution in [0.2, 0.25) is 0 Å². The number of nitrogen functional groups attached to an aromatic ring is 1. The summed E-state index contributed by atoms with van der Waals surface area (Å²) in [7, 11) is 0. The van der Waals surface area contributed by atoms with E-state index < -0.39 is 0 Å². The third-order valence-corrected chi connectivity index (χ3v) is 2.89. The summed E-state index contributed by atoms with van der Waals surface area (Å²) in [6, 6.07) is 8.51. The van der Waals surface area contributed by atoms with E-state index in [-0.39, 0.29) is 5.78 Å². The predicted octanol–water partition coefficient (Wildman–Crippen LogP) is 2.66. The first-order valence-electron chi connectivity index (χ1n) is 4.68. The van der Waals surface area contributed by atoms with Crippen LogP contribution >= 0.6 is 15.9 Å². The number of nitrogens with two attached hydrogens (primary N) is 1. The van der Waals surface area contributed by atoms with Crippen molar-refractivity contribution in [2.75, 3.05) is 5.73 Å². The maximum Gasteiger partial charge on any atom is 0.193 e. The Hall–Kier alpha value is -1.68. The zero-order valence-corrected chi connectivity index (χ0v) is 9.94. The molecule has 1 heterocycles. The van der Waals surface area contributed by atoms with Crippen molar-refractivity contribution in [2.24, 2.45) is 0 Å². The second kappa shape index (κ2) is 4.45. The molecule has 0 bridgehead atoms. The van der Waals surface area contributed by atoms with Crippen molar-refractivity contribution < 1.29 is 4.79 Å². The summed E-state index contributed by atoms with van der Waals surface area (Å²) in [5, 5.41) is 0. The van der Waals surface area contributed by atoms with Crippen LogP contribution in [0.25, 0.3) is 0 Å². The fraction of sp³-hybridized carbons (Fsp3) is 0. The minimum absolute atomic E-state index is 0.0388. The Morgan fingerprint density at radius 1 is 1.12 bits per heavy atom. The molecule has 0 saturated carbocycles. The number of aromatic nitrogens is 1. The fourth-order valence-electron chi connectivity index (χ4n) is 1.34. The zero-order chi connectivity index (χ0) is 11.5. The van der Waals surface area contributed by atoms with Crippen molar-refractivity contribution in [2.45, 2.75) is 0 Å². The van der Waals surface area contributed by atoms with Crippen molar-refractivity contribution in [1.29, 1.82) is 0 Å². The van der Waals surface area contributed by atoms with Gasteiger partial charge in [-0.1, -0.05) is 0 Å². The summed E-state index contributed by atoms with van der Waals surface area (Å²) in [4.78, 5) is 15.9. The molecule has 0 atom stereocenters. The number of benzene rings is 1. The van der Waals surface area contributed by atoms with Crippen LogP contribution in [-0.2, 0) is 0 Å². The average Bonchev–Trinajstić information content (AvgIpc) is 2.33. The summed E-state index contributed by atoms with van der Waals surface area (Å²) in [5.41, 5.74) is 7.50. The molecule has 16 heavy (non-hydrogen) atoms. The second-order valence-corrected chi connectivity index (χ2v) is 4.16. The van der Waals surface area contributed by atoms with Crippen LogP contribution in [-0.4, -0.2) is 10.8 Å². The van der Waals surface area contributed by atoms with Gasteiger partial charge in [0.1, 0.15) is 0 Å².